The van der Waals surface area contributed by atoms with Crippen LogP contribution in [-0.2, 0) is 0 Å². The predicted molar refractivity (Wildman–Crippen MR) is 74.0 cm³/mol. The lowest BCUT2D eigenvalue weighted by atomic mass is 10.2. The SMILES string of the molecule is CCNc1ncc(F)c(Oc2ccc(C)cc2OC)n1. The third kappa shape index (κ3) is 3.14. The maximum Gasteiger partial charge on any atom is 0.261 e. The number of halogens is 1. The summed E-state index contributed by atoms with van der Waals surface area (Å²) in [4.78, 5) is 7.80. The highest BCUT2D eigenvalue weighted by Gasteiger charge is 2.12. The average molecular weight is 277 g/mol. The maximum atomic E-state index is 13.7. The second kappa shape index (κ2) is 6.18. The van der Waals surface area contributed by atoms with E-state index in [1.807, 2.05) is 19.9 Å². The van der Waals surface area contributed by atoms with Gasteiger partial charge < -0.3 is 14.8 Å². The van der Waals surface area contributed by atoms with Gasteiger partial charge in [-0.1, -0.05) is 6.07 Å². The number of hydrogen-bond acceptors (Lipinski definition) is 5. The molecular formula is C14H16FN3O2. The largest absolute Gasteiger partial charge is 0.493 e. The molecule has 0 saturated carbocycles. The summed E-state index contributed by atoms with van der Waals surface area (Å²) in [5, 5.41) is 2.90. The number of nitrogens with zero attached hydrogens (tertiary/aromatic N) is 2. The van der Waals surface area contributed by atoms with Crippen molar-refractivity contribution in [2.24, 2.45) is 0 Å². The van der Waals surface area contributed by atoms with Gasteiger partial charge in [0.15, 0.2) is 11.5 Å². The highest BCUT2D eigenvalue weighted by Crippen LogP contribution is 2.32. The van der Waals surface area contributed by atoms with Gasteiger partial charge in [-0.05, 0) is 31.5 Å². The van der Waals surface area contributed by atoms with Gasteiger partial charge in [-0.2, -0.15) is 9.37 Å². The van der Waals surface area contributed by atoms with Crippen LogP contribution >= 0.6 is 0 Å². The molecule has 2 rings (SSSR count). The third-order valence-electron chi connectivity index (χ3n) is 2.57. The van der Waals surface area contributed by atoms with Crippen LogP contribution in [0, 0.1) is 12.7 Å². The molecule has 1 aromatic heterocycles. The zero-order chi connectivity index (χ0) is 14.5. The van der Waals surface area contributed by atoms with Gasteiger partial charge in [0.2, 0.25) is 11.8 Å². The number of anilines is 1. The van der Waals surface area contributed by atoms with Crippen LogP contribution in [0.2, 0.25) is 0 Å². The molecule has 2 aromatic rings. The van der Waals surface area contributed by atoms with Crippen LogP contribution in [0.25, 0.3) is 0 Å². The first-order chi connectivity index (χ1) is 9.63. The van der Waals surface area contributed by atoms with E-state index >= 15 is 0 Å². The molecule has 1 aromatic carbocycles. The number of methoxy groups -OCH3 is 1. The monoisotopic (exact) mass is 277 g/mol. The van der Waals surface area contributed by atoms with Gasteiger partial charge in [-0.25, -0.2) is 4.98 Å². The smallest absolute Gasteiger partial charge is 0.261 e. The van der Waals surface area contributed by atoms with Gasteiger partial charge in [-0.15, -0.1) is 0 Å². The van der Waals surface area contributed by atoms with E-state index in [-0.39, 0.29) is 5.88 Å². The van der Waals surface area contributed by atoms with E-state index in [4.69, 9.17) is 9.47 Å². The van der Waals surface area contributed by atoms with Gasteiger partial charge >= 0.3 is 0 Å². The van der Waals surface area contributed by atoms with E-state index in [2.05, 4.69) is 15.3 Å². The van der Waals surface area contributed by atoms with Crippen LogP contribution in [0.5, 0.6) is 17.4 Å². The maximum absolute atomic E-state index is 13.7. The van der Waals surface area contributed by atoms with Crippen molar-refractivity contribution in [3.05, 3.63) is 35.8 Å². The van der Waals surface area contributed by atoms with Crippen molar-refractivity contribution in [1.29, 1.82) is 0 Å². The molecule has 0 amide bonds. The molecular weight excluding hydrogens is 261 g/mol. The molecule has 6 heteroatoms. The minimum atomic E-state index is -0.630. The molecule has 106 valence electrons. The molecule has 0 unspecified atom stereocenters. The van der Waals surface area contributed by atoms with E-state index in [0.717, 1.165) is 11.8 Å². The Bertz CT molecular complexity index is 605. The molecule has 1 N–H and O–H groups in total. The van der Waals surface area contributed by atoms with Gasteiger partial charge in [-0.3, -0.25) is 0 Å². The molecule has 1 heterocycles. The fourth-order valence-corrected chi connectivity index (χ4v) is 1.63. The first-order valence-electron chi connectivity index (χ1n) is 6.23. The van der Waals surface area contributed by atoms with E-state index < -0.39 is 5.82 Å². The first-order valence-corrected chi connectivity index (χ1v) is 6.23. The summed E-state index contributed by atoms with van der Waals surface area (Å²) in [5.41, 5.74) is 1.02. The first kappa shape index (κ1) is 14.0. The van der Waals surface area contributed by atoms with Crippen molar-refractivity contribution in [2.45, 2.75) is 13.8 Å². The Labute approximate surface area is 116 Å². The number of hydrogen-bond donors (Lipinski definition) is 1. The molecule has 0 spiro atoms. The fourth-order valence-electron chi connectivity index (χ4n) is 1.63. The van der Waals surface area contributed by atoms with Crippen molar-refractivity contribution >= 4 is 5.95 Å². The second-order valence-electron chi connectivity index (χ2n) is 4.13. The molecule has 0 bridgehead atoms. The summed E-state index contributed by atoms with van der Waals surface area (Å²) in [6, 6.07) is 5.37. The van der Waals surface area contributed by atoms with Crippen molar-refractivity contribution in [3.8, 4) is 17.4 Å². The van der Waals surface area contributed by atoms with Gasteiger partial charge in [0.05, 0.1) is 13.3 Å². The molecule has 0 fully saturated rings. The van der Waals surface area contributed by atoms with Crippen molar-refractivity contribution < 1.29 is 13.9 Å². The summed E-state index contributed by atoms with van der Waals surface area (Å²) in [5.74, 6) is 0.466. The Morgan fingerprint density at radius 1 is 1.30 bits per heavy atom. The van der Waals surface area contributed by atoms with Crippen LogP contribution < -0.4 is 14.8 Å². The molecule has 0 aliphatic rings. The highest BCUT2D eigenvalue weighted by atomic mass is 19.1. The predicted octanol–water partition coefficient (Wildman–Crippen LogP) is 3.16. The van der Waals surface area contributed by atoms with Gasteiger partial charge in [0, 0.05) is 6.54 Å². The molecule has 0 aliphatic heterocycles. The zero-order valence-electron chi connectivity index (χ0n) is 11.6. The lowest BCUT2D eigenvalue weighted by Crippen LogP contribution is -2.04. The number of ether oxygens (including phenoxy) is 2. The Balaban J connectivity index is 2.31. The van der Waals surface area contributed by atoms with E-state index in [1.165, 1.54) is 7.11 Å². The Hall–Kier alpha value is -2.37. The highest BCUT2D eigenvalue weighted by molar-refractivity contribution is 5.44. The lowest BCUT2D eigenvalue weighted by Gasteiger charge is -2.11. The van der Waals surface area contributed by atoms with Crippen molar-refractivity contribution in [3.63, 3.8) is 0 Å². The number of aryl methyl sites for hydroxylation is 1. The van der Waals surface area contributed by atoms with Crippen LogP contribution in [0.15, 0.2) is 24.4 Å². The minimum absolute atomic E-state index is 0.141. The molecule has 0 atom stereocenters. The van der Waals surface area contributed by atoms with Gasteiger partial charge in [0.25, 0.3) is 5.88 Å². The van der Waals surface area contributed by atoms with Crippen molar-refractivity contribution in [2.75, 3.05) is 19.0 Å². The van der Waals surface area contributed by atoms with E-state index in [0.29, 0.717) is 24.0 Å². The summed E-state index contributed by atoms with van der Waals surface area (Å²) in [6.45, 7) is 4.47. The fraction of sp³-hybridized carbons (Fsp3) is 0.286. The van der Waals surface area contributed by atoms with Crippen LogP contribution in [0.3, 0.4) is 0 Å². The van der Waals surface area contributed by atoms with Crippen molar-refractivity contribution in [1.82, 2.24) is 9.97 Å². The number of nitrogens with one attached hydrogen (secondary N) is 1. The minimum Gasteiger partial charge on any atom is -0.493 e. The molecule has 5 nitrogen and oxygen atoms in total. The topological polar surface area (TPSA) is 56.3 Å². The van der Waals surface area contributed by atoms with E-state index in [9.17, 15) is 4.39 Å². The Morgan fingerprint density at radius 2 is 2.10 bits per heavy atom. The Morgan fingerprint density at radius 3 is 2.80 bits per heavy atom. The molecule has 0 saturated heterocycles. The number of aromatic nitrogens is 2. The number of rotatable bonds is 5. The van der Waals surface area contributed by atoms with E-state index in [1.54, 1.807) is 12.1 Å². The summed E-state index contributed by atoms with van der Waals surface area (Å²) < 4.78 is 24.4. The standard InChI is InChI=1S/C14H16FN3O2/c1-4-16-14-17-8-10(15)13(18-14)20-11-6-5-9(2)7-12(11)19-3/h5-8H,4H2,1-3H3,(H,16,17,18). The van der Waals surface area contributed by atoms with Crippen LogP contribution in [0.4, 0.5) is 10.3 Å². The molecule has 20 heavy (non-hydrogen) atoms. The van der Waals surface area contributed by atoms with Crippen LogP contribution in [0.1, 0.15) is 12.5 Å². The Kier molecular flexibility index (Phi) is 4.34. The average Bonchev–Trinajstić information content (AvgIpc) is 2.44. The normalized spacial score (nSPS) is 10.2. The third-order valence-corrected chi connectivity index (χ3v) is 2.57. The molecule has 0 radical (unpaired) electrons. The molecule has 0 aliphatic carbocycles. The summed E-state index contributed by atoms with van der Waals surface area (Å²) in [7, 11) is 1.53. The summed E-state index contributed by atoms with van der Waals surface area (Å²) in [6.07, 6.45) is 1.07. The van der Waals surface area contributed by atoms with Gasteiger partial charge in [0.1, 0.15) is 0 Å². The quantitative estimate of drug-likeness (QED) is 0.909. The van der Waals surface area contributed by atoms with Crippen LogP contribution in [-0.4, -0.2) is 23.6 Å². The zero-order valence-corrected chi connectivity index (χ0v) is 11.6. The number of benzene rings is 1. The second-order valence-corrected chi connectivity index (χ2v) is 4.13. The summed E-state index contributed by atoms with van der Waals surface area (Å²) >= 11 is 0. The lowest BCUT2D eigenvalue weighted by molar-refractivity contribution is 0.363.